The molecule has 0 heterocycles. The van der Waals surface area contributed by atoms with Gasteiger partial charge in [-0.2, -0.15) is 0 Å². The molecule has 0 atom stereocenters. The summed E-state index contributed by atoms with van der Waals surface area (Å²) in [7, 11) is 0. The van der Waals surface area contributed by atoms with Crippen LogP contribution in [0, 0.1) is 0 Å². The molecule has 3 aromatic rings. The van der Waals surface area contributed by atoms with Crippen LogP contribution in [0.4, 0.5) is 0 Å². The Morgan fingerprint density at radius 1 is 0.750 bits per heavy atom. The molecule has 20 heavy (non-hydrogen) atoms. The highest BCUT2D eigenvalue weighted by Gasteiger charge is 2.18. The number of hydrogen-bond acceptors (Lipinski definition) is 1. The van der Waals surface area contributed by atoms with Crippen molar-refractivity contribution in [3.05, 3.63) is 82.9 Å². The van der Waals surface area contributed by atoms with Crippen molar-refractivity contribution in [1.82, 2.24) is 0 Å². The van der Waals surface area contributed by atoms with Crippen molar-refractivity contribution in [2.24, 2.45) is 5.73 Å². The Morgan fingerprint density at radius 2 is 1.50 bits per heavy atom. The maximum atomic E-state index is 5.89. The molecule has 0 spiro atoms. The highest BCUT2D eigenvalue weighted by atomic mass is 14.5. The summed E-state index contributed by atoms with van der Waals surface area (Å²) in [5, 5.41) is 2.66. The summed E-state index contributed by atoms with van der Waals surface area (Å²) in [4.78, 5) is 0. The fraction of sp³-hybridized carbons (Fsp3) is 0.0526. The summed E-state index contributed by atoms with van der Waals surface area (Å²) in [5.74, 6) is 0. The van der Waals surface area contributed by atoms with Crippen molar-refractivity contribution >= 4 is 22.4 Å². The van der Waals surface area contributed by atoms with E-state index in [0.717, 1.165) is 0 Å². The highest BCUT2D eigenvalue weighted by Crippen LogP contribution is 2.40. The van der Waals surface area contributed by atoms with Crippen molar-refractivity contribution in [3.8, 4) is 0 Å². The monoisotopic (exact) mass is 257 g/mol. The lowest BCUT2D eigenvalue weighted by Crippen LogP contribution is -2.00. The van der Waals surface area contributed by atoms with Crippen LogP contribution in [-0.4, -0.2) is 0 Å². The third kappa shape index (κ3) is 1.54. The normalized spacial score (nSPS) is 12.8. The van der Waals surface area contributed by atoms with Crippen molar-refractivity contribution in [2.75, 3.05) is 0 Å². The van der Waals surface area contributed by atoms with E-state index in [9.17, 15) is 0 Å². The first-order chi connectivity index (χ1) is 9.88. The maximum absolute atomic E-state index is 5.89. The topological polar surface area (TPSA) is 26.0 Å². The first kappa shape index (κ1) is 11.4. The lowest BCUT2D eigenvalue weighted by molar-refractivity contribution is 1.06. The second-order valence-corrected chi connectivity index (χ2v) is 5.17. The van der Waals surface area contributed by atoms with Crippen molar-refractivity contribution < 1.29 is 0 Å². The standard InChI is InChI=1S/C19H15N/c20-12-15-5-1-2-9-16(15)18-11-14-8-3-6-13-7-4-10-17(18)19(13)14/h1-11H,12,20H2. The van der Waals surface area contributed by atoms with Crippen LogP contribution in [0.3, 0.4) is 0 Å². The largest absolute Gasteiger partial charge is 0.326 e. The van der Waals surface area contributed by atoms with Gasteiger partial charge >= 0.3 is 0 Å². The first-order valence-corrected chi connectivity index (χ1v) is 6.90. The van der Waals surface area contributed by atoms with Gasteiger partial charge < -0.3 is 5.73 Å². The lowest BCUT2D eigenvalue weighted by atomic mass is 9.94. The van der Waals surface area contributed by atoms with Gasteiger partial charge in [-0.1, -0.05) is 60.7 Å². The van der Waals surface area contributed by atoms with Crippen LogP contribution in [0.1, 0.15) is 22.3 Å². The Kier molecular flexibility index (Phi) is 2.48. The first-order valence-electron chi connectivity index (χ1n) is 6.90. The molecule has 2 N–H and O–H groups in total. The Hall–Kier alpha value is -2.38. The van der Waals surface area contributed by atoms with Crippen molar-refractivity contribution in [1.29, 1.82) is 0 Å². The molecule has 0 unspecified atom stereocenters. The summed E-state index contributed by atoms with van der Waals surface area (Å²) < 4.78 is 0. The van der Waals surface area contributed by atoms with Crippen molar-refractivity contribution in [2.45, 2.75) is 6.54 Å². The zero-order valence-electron chi connectivity index (χ0n) is 11.1. The molecule has 3 aromatic carbocycles. The Balaban J connectivity index is 2.01. The molecule has 0 saturated heterocycles. The Morgan fingerprint density at radius 3 is 2.35 bits per heavy atom. The third-order valence-electron chi connectivity index (χ3n) is 4.05. The summed E-state index contributed by atoms with van der Waals surface area (Å²) in [6.45, 7) is 0.569. The molecule has 0 bridgehead atoms. The summed E-state index contributed by atoms with van der Waals surface area (Å²) in [6.07, 6.45) is 2.28. The highest BCUT2D eigenvalue weighted by molar-refractivity contribution is 6.13. The van der Waals surface area contributed by atoms with Gasteiger partial charge in [0.25, 0.3) is 0 Å². The summed E-state index contributed by atoms with van der Waals surface area (Å²) >= 11 is 0. The van der Waals surface area contributed by atoms with Gasteiger partial charge in [0.1, 0.15) is 0 Å². The van der Waals surface area contributed by atoms with E-state index in [4.69, 9.17) is 5.73 Å². The minimum atomic E-state index is 0.569. The van der Waals surface area contributed by atoms with Gasteiger partial charge in [0.05, 0.1) is 0 Å². The zero-order chi connectivity index (χ0) is 13.5. The van der Waals surface area contributed by atoms with Gasteiger partial charge in [-0.15, -0.1) is 0 Å². The second kappa shape index (κ2) is 4.32. The molecule has 1 heteroatoms. The van der Waals surface area contributed by atoms with Crippen molar-refractivity contribution in [3.63, 3.8) is 0 Å². The molecule has 1 aliphatic carbocycles. The molecule has 1 nitrogen and oxygen atoms in total. The predicted molar refractivity (Wildman–Crippen MR) is 85.3 cm³/mol. The Bertz CT molecular complexity index is 838. The molecule has 96 valence electrons. The van der Waals surface area contributed by atoms with E-state index in [1.54, 1.807) is 0 Å². The fourth-order valence-electron chi connectivity index (χ4n) is 3.13. The minimum Gasteiger partial charge on any atom is -0.326 e. The minimum absolute atomic E-state index is 0.569. The molecule has 0 aromatic heterocycles. The molecule has 0 saturated carbocycles. The van der Waals surface area contributed by atoms with E-state index in [1.807, 2.05) is 0 Å². The van der Waals surface area contributed by atoms with Crippen LogP contribution in [0.5, 0.6) is 0 Å². The number of nitrogens with two attached hydrogens (primary N) is 1. The van der Waals surface area contributed by atoms with Crippen LogP contribution in [0.25, 0.3) is 22.4 Å². The molecule has 1 aliphatic rings. The average molecular weight is 257 g/mol. The van der Waals surface area contributed by atoms with E-state index < -0.39 is 0 Å². The molecule has 4 rings (SSSR count). The second-order valence-electron chi connectivity index (χ2n) is 5.17. The average Bonchev–Trinajstić information content (AvgIpc) is 2.89. The quantitative estimate of drug-likeness (QED) is 0.572. The van der Waals surface area contributed by atoms with E-state index >= 15 is 0 Å². The molecular formula is C19H15N. The van der Waals surface area contributed by atoms with Crippen LogP contribution >= 0.6 is 0 Å². The molecule has 0 aliphatic heterocycles. The Labute approximate surface area is 118 Å². The summed E-state index contributed by atoms with van der Waals surface area (Å²) in [5.41, 5.74) is 12.3. The van der Waals surface area contributed by atoms with Crippen LogP contribution in [-0.2, 0) is 6.54 Å². The maximum Gasteiger partial charge on any atom is 0.0184 e. The number of hydrogen-bond donors (Lipinski definition) is 1. The van der Waals surface area contributed by atoms with E-state index in [1.165, 1.54) is 38.6 Å². The molecular weight excluding hydrogens is 242 g/mol. The van der Waals surface area contributed by atoms with Crippen LogP contribution in [0.2, 0.25) is 0 Å². The molecule has 0 radical (unpaired) electrons. The van der Waals surface area contributed by atoms with Gasteiger partial charge in [0.15, 0.2) is 0 Å². The predicted octanol–water partition coefficient (Wildman–Crippen LogP) is 4.20. The zero-order valence-corrected chi connectivity index (χ0v) is 11.1. The smallest absolute Gasteiger partial charge is 0.0184 e. The SMILES string of the molecule is NCc1ccccc1C1=Cc2cccc3cccc1c23. The van der Waals surface area contributed by atoms with Gasteiger partial charge in [0, 0.05) is 6.54 Å². The van der Waals surface area contributed by atoms with Gasteiger partial charge in [-0.05, 0) is 44.7 Å². The third-order valence-corrected chi connectivity index (χ3v) is 4.05. The fourth-order valence-corrected chi connectivity index (χ4v) is 3.13. The summed E-state index contributed by atoms with van der Waals surface area (Å²) in [6, 6.07) is 21.4. The van der Waals surface area contributed by atoms with Gasteiger partial charge in [-0.3, -0.25) is 0 Å². The van der Waals surface area contributed by atoms with E-state index in [2.05, 4.69) is 66.7 Å². The van der Waals surface area contributed by atoms with Gasteiger partial charge in [0.2, 0.25) is 0 Å². The lowest BCUT2D eigenvalue weighted by Gasteiger charge is -2.10. The van der Waals surface area contributed by atoms with Gasteiger partial charge in [-0.25, -0.2) is 0 Å². The molecule has 0 fully saturated rings. The number of rotatable bonds is 2. The van der Waals surface area contributed by atoms with Crippen LogP contribution in [0.15, 0.2) is 60.7 Å². The molecule has 0 amide bonds. The number of benzene rings is 3. The van der Waals surface area contributed by atoms with Crippen LogP contribution < -0.4 is 5.73 Å². The van der Waals surface area contributed by atoms with E-state index in [-0.39, 0.29) is 0 Å². The van der Waals surface area contributed by atoms with E-state index in [0.29, 0.717) is 6.54 Å².